The normalized spacial score (nSPS) is 19.9. The first-order valence-corrected chi connectivity index (χ1v) is 12.7. The Hall–Kier alpha value is -0.279. The summed E-state index contributed by atoms with van der Waals surface area (Å²) in [5.74, 6) is 0. The van der Waals surface area contributed by atoms with Crippen LogP contribution in [0.3, 0.4) is 0 Å². The summed E-state index contributed by atoms with van der Waals surface area (Å²) in [4.78, 5) is 0. The predicted octanol–water partition coefficient (Wildman–Crippen LogP) is -2.46. The SMILES string of the molecule is CCC(C)[Si](c1ccccc1)(c1cc(C)cc(C)c1)C1(C)[C-]=C(C)C(C)=C1C.[Cl-].[Cl-].[Cl-].[Ti+4]. The molecule has 0 N–H and O–H groups in total. The van der Waals surface area contributed by atoms with E-state index in [9.17, 15) is 0 Å². The molecular formula is C27H35Cl3SiTi. The van der Waals surface area contributed by atoms with Gasteiger partial charge in [0.25, 0.3) is 0 Å². The zero-order valence-corrected chi connectivity index (χ0v) is 25.4. The number of rotatable bonds is 5. The van der Waals surface area contributed by atoms with E-state index >= 15 is 0 Å². The number of allylic oxidation sites excluding steroid dienone is 4. The maximum Gasteiger partial charge on any atom is 4.00 e. The van der Waals surface area contributed by atoms with Crippen LogP contribution in [0.1, 0.15) is 59.1 Å². The van der Waals surface area contributed by atoms with Gasteiger partial charge < -0.3 is 37.2 Å². The van der Waals surface area contributed by atoms with Crippen LogP contribution in [0.4, 0.5) is 0 Å². The van der Waals surface area contributed by atoms with E-state index in [2.05, 4.69) is 110 Å². The fourth-order valence-corrected chi connectivity index (χ4v) is 12.6. The van der Waals surface area contributed by atoms with Crippen LogP contribution in [0, 0.1) is 19.9 Å². The minimum Gasteiger partial charge on any atom is -1.00 e. The summed E-state index contributed by atoms with van der Waals surface area (Å²) in [6.07, 6.45) is 5.20. The number of benzene rings is 2. The van der Waals surface area contributed by atoms with Gasteiger partial charge in [0.15, 0.2) is 0 Å². The van der Waals surface area contributed by atoms with Gasteiger partial charge >= 0.3 is 21.7 Å². The van der Waals surface area contributed by atoms with Crippen LogP contribution in [-0.4, -0.2) is 8.07 Å². The molecule has 3 atom stereocenters. The van der Waals surface area contributed by atoms with Gasteiger partial charge in [-0.3, -0.25) is 6.08 Å². The molecule has 0 aromatic heterocycles. The van der Waals surface area contributed by atoms with Gasteiger partial charge in [-0.25, -0.2) is 5.57 Å². The van der Waals surface area contributed by atoms with Gasteiger partial charge in [0.05, 0.1) is 0 Å². The van der Waals surface area contributed by atoms with Gasteiger partial charge in [0.1, 0.15) is 8.07 Å². The Morgan fingerprint density at radius 2 is 1.34 bits per heavy atom. The van der Waals surface area contributed by atoms with Crippen molar-refractivity contribution in [3.8, 4) is 0 Å². The first-order chi connectivity index (χ1) is 13.2. The second-order valence-electron chi connectivity index (χ2n) is 8.98. The maximum absolute atomic E-state index is 4.03. The van der Waals surface area contributed by atoms with E-state index in [1.807, 2.05) is 0 Å². The summed E-state index contributed by atoms with van der Waals surface area (Å²) in [5, 5.41) is 3.05. The van der Waals surface area contributed by atoms with E-state index < -0.39 is 8.07 Å². The largest absolute Gasteiger partial charge is 4.00 e. The second kappa shape index (κ2) is 13.0. The van der Waals surface area contributed by atoms with Crippen LogP contribution in [0.15, 0.2) is 65.3 Å². The van der Waals surface area contributed by atoms with Gasteiger partial charge in [-0.1, -0.05) is 116 Å². The Morgan fingerprint density at radius 1 is 0.844 bits per heavy atom. The zero-order valence-electron chi connectivity index (χ0n) is 20.5. The van der Waals surface area contributed by atoms with Crippen molar-refractivity contribution in [3.05, 3.63) is 82.5 Å². The predicted molar refractivity (Wildman–Crippen MR) is 126 cm³/mol. The zero-order chi connectivity index (χ0) is 20.7. The average molecular weight is 542 g/mol. The summed E-state index contributed by atoms with van der Waals surface area (Å²) < 4.78 is 0. The van der Waals surface area contributed by atoms with Crippen LogP contribution in [-0.2, 0) is 21.7 Å². The third kappa shape index (κ3) is 5.35. The van der Waals surface area contributed by atoms with Gasteiger partial charge in [0.2, 0.25) is 0 Å². The summed E-state index contributed by atoms with van der Waals surface area (Å²) >= 11 is 0. The molecule has 3 rings (SSSR count). The number of hydrogen-bond donors (Lipinski definition) is 0. The molecule has 2 aromatic carbocycles. The Labute approximate surface area is 230 Å². The third-order valence-corrected chi connectivity index (χ3v) is 13.8. The Bertz CT molecular complexity index is 934. The van der Waals surface area contributed by atoms with E-state index in [4.69, 9.17) is 0 Å². The molecule has 0 amide bonds. The van der Waals surface area contributed by atoms with Crippen molar-refractivity contribution in [2.45, 2.75) is 72.4 Å². The monoisotopic (exact) mass is 540 g/mol. The topological polar surface area (TPSA) is 0 Å². The third-order valence-electron chi connectivity index (χ3n) is 7.36. The number of aryl methyl sites for hydroxylation is 2. The number of halogens is 3. The molecule has 0 nitrogen and oxygen atoms in total. The van der Waals surface area contributed by atoms with Crippen molar-refractivity contribution >= 4 is 18.4 Å². The molecule has 0 bridgehead atoms. The molecule has 0 radical (unpaired) electrons. The summed E-state index contributed by atoms with van der Waals surface area (Å²) in [6.45, 7) is 18.7. The van der Waals surface area contributed by atoms with Crippen molar-refractivity contribution in [3.63, 3.8) is 0 Å². The molecule has 0 aliphatic heterocycles. The van der Waals surface area contributed by atoms with Crippen LogP contribution in [0.2, 0.25) is 10.6 Å². The molecule has 0 spiro atoms. The summed E-state index contributed by atoms with van der Waals surface area (Å²) in [7, 11) is -2.24. The standard InChI is InChI=1S/C27H35Si.3ClH.Ti/c1-9-22(5)28(25-13-11-10-12-14-25,26-16-19(2)15-20(3)17-26)27(8)18-21(4)23(6)24(27)7;;;;/h10-17,22H,9H2,1-8H3;3*1H;/q-1;;;;+4/p-3. The second-order valence-corrected chi connectivity index (χ2v) is 13.7. The average Bonchev–Trinajstić information content (AvgIpc) is 2.86. The van der Waals surface area contributed by atoms with Crippen LogP contribution >= 0.6 is 0 Å². The fourth-order valence-electron chi connectivity index (χ4n) is 5.63. The smallest absolute Gasteiger partial charge is 1.00 e. The van der Waals surface area contributed by atoms with Gasteiger partial charge in [-0.05, 0) is 19.4 Å². The van der Waals surface area contributed by atoms with Crippen LogP contribution in [0.5, 0.6) is 0 Å². The molecule has 3 unspecified atom stereocenters. The molecule has 0 fully saturated rings. The van der Waals surface area contributed by atoms with Crippen molar-refractivity contribution in [2.24, 2.45) is 0 Å². The molecule has 172 valence electrons. The van der Waals surface area contributed by atoms with E-state index in [0.29, 0.717) is 5.54 Å². The minimum atomic E-state index is -2.24. The van der Waals surface area contributed by atoms with Gasteiger partial charge in [0, 0.05) is 0 Å². The molecule has 0 saturated carbocycles. The van der Waals surface area contributed by atoms with E-state index in [1.54, 1.807) is 5.19 Å². The molecule has 5 heteroatoms. The molecule has 2 aromatic rings. The van der Waals surface area contributed by atoms with Crippen molar-refractivity contribution in [1.29, 1.82) is 0 Å². The molecule has 0 heterocycles. The molecule has 32 heavy (non-hydrogen) atoms. The fraction of sp³-hybridized carbons (Fsp3) is 0.407. The molecule has 1 aliphatic rings. The van der Waals surface area contributed by atoms with E-state index in [1.165, 1.54) is 39.5 Å². The Morgan fingerprint density at radius 3 is 1.75 bits per heavy atom. The Kier molecular flexibility index (Phi) is 13.7. The molecule has 1 aliphatic carbocycles. The quantitative estimate of drug-likeness (QED) is 0.291. The number of hydrogen-bond acceptors (Lipinski definition) is 0. The van der Waals surface area contributed by atoms with Gasteiger partial charge in [-0.2, -0.15) is 11.1 Å². The van der Waals surface area contributed by atoms with Crippen molar-refractivity contribution in [1.82, 2.24) is 0 Å². The molecule has 0 saturated heterocycles. The van der Waals surface area contributed by atoms with Crippen LogP contribution < -0.4 is 47.6 Å². The van der Waals surface area contributed by atoms with Crippen molar-refractivity contribution in [2.75, 3.05) is 0 Å². The van der Waals surface area contributed by atoms with Crippen molar-refractivity contribution < 1.29 is 58.9 Å². The van der Waals surface area contributed by atoms with E-state index in [-0.39, 0.29) is 64.0 Å². The first-order valence-electron chi connectivity index (χ1n) is 10.6. The van der Waals surface area contributed by atoms with Crippen LogP contribution in [0.25, 0.3) is 0 Å². The maximum atomic E-state index is 4.03. The summed E-state index contributed by atoms with van der Waals surface area (Å²) in [6, 6.07) is 18.6. The van der Waals surface area contributed by atoms with E-state index in [0.717, 1.165) is 0 Å². The first kappa shape index (κ1) is 33.9. The van der Waals surface area contributed by atoms with Gasteiger partial charge in [-0.15, -0.1) is 6.92 Å². The molecular weight excluding hydrogens is 507 g/mol. The summed E-state index contributed by atoms with van der Waals surface area (Å²) in [5.41, 5.74) is 7.62. The minimum absolute atomic E-state index is 0. The Balaban J connectivity index is 0.